The maximum Gasteiger partial charge on any atom is 0.164 e. The van der Waals surface area contributed by atoms with Crippen molar-refractivity contribution in [2.75, 3.05) is 0 Å². The molecule has 0 bridgehead atoms. The molecule has 6 heteroatoms. The molecule has 14 aromatic carbocycles. The SMILES string of the molecule is CC1(C)c2ccccc2-c2ccc(-c3ccc(-c4ccc(-c5nc(-c6ccccc6)cc(-c6ccccc6)n5)c5oc6ccccc6c45)cc3)cc21.CC1(C)c2ccccc2-c2ccc(-c3ccc(-c4ccc(-c5nc(-c6ccccc6)cc(-c6ccccc6)n5)c5sc6ccccc6c45)cc3)cc21. The summed E-state index contributed by atoms with van der Waals surface area (Å²) in [6.07, 6.45) is 0. The lowest BCUT2D eigenvalue weighted by Gasteiger charge is -2.22. The van der Waals surface area contributed by atoms with Crippen molar-refractivity contribution in [1.82, 2.24) is 19.9 Å². The Morgan fingerprint density at radius 3 is 1.08 bits per heavy atom. The highest BCUT2D eigenvalue weighted by atomic mass is 32.1. The van der Waals surface area contributed by atoms with Crippen LogP contribution in [-0.4, -0.2) is 19.9 Å². The van der Waals surface area contributed by atoms with Gasteiger partial charge < -0.3 is 4.42 Å². The number of para-hydroxylation sites is 1. The standard InChI is InChI=1S/C49H34N2O.C49H34N2S/c2*1-49(2)41-19-11-9-17-37(41)38-26-25-35(29-42(38)49)31-21-23-32(24-22-31)36-27-28-40(47-46(36)39-18-10-12-20-45(39)52-47)48-50-43(33-13-5-3-6-14-33)30-44(51-48)34-15-7-4-8-16-34/h2*3-30H,1-2H3. The van der Waals surface area contributed by atoms with Gasteiger partial charge in [-0.15, -0.1) is 11.3 Å². The second-order valence-corrected chi connectivity index (χ2v) is 29.4. The minimum Gasteiger partial charge on any atom is -0.455 e. The third kappa shape index (κ3) is 10.7. The maximum absolute atomic E-state index is 6.69. The van der Waals surface area contributed by atoms with Gasteiger partial charge in [-0.3, -0.25) is 0 Å². The highest BCUT2D eigenvalue weighted by Gasteiger charge is 2.37. The zero-order valence-electron chi connectivity index (χ0n) is 57.9. The van der Waals surface area contributed by atoms with Crippen LogP contribution in [0.25, 0.3) is 177 Å². The third-order valence-corrected chi connectivity index (χ3v) is 22.7. The number of hydrogen-bond acceptors (Lipinski definition) is 6. The van der Waals surface area contributed by atoms with Crippen LogP contribution in [0.3, 0.4) is 0 Å². The fourth-order valence-corrected chi connectivity index (χ4v) is 17.3. The van der Waals surface area contributed by atoms with Crippen LogP contribution in [0.15, 0.2) is 344 Å². The topological polar surface area (TPSA) is 64.7 Å². The predicted molar refractivity (Wildman–Crippen MR) is 434 cm³/mol. The summed E-state index contributed by atoms with van der Waals surface area (Å²) in [5.74, 6) is 1.37. The molecule has 492 valence electrons. The van der Waals surface area contributed by atoms with Crippen molar-refractivity contribution >= 4 is 53.4 Å². The Balaban J connectivity index is 0.000000143. The van der Waals surface area contributed by atoms with E-state index in [0.717, 1.165) is 95.0 Å². The zero-order valence-corrected chi connectivity index (χ0v) is 58.8. The molecule has 2 aliphatic carbocycles. The largest absolute Gasteiger partial charge is 0.455 e. The molecule has 4 heterocycles. The molecule has 18 aromatic rings. The summed E-state index contributed by atoms with van der Waals surface area (Å²) in [7, 11) is 0. The van der Waals surface area contributed by atoms with Gasteiger partial charge in [-0.1, -0.05) is 319 Å². The lowest BCUT2D eigenvalue weighted by atomic mass is 9.81. The summed E-state index contributed by atoms with van der Waals surface area (Å²) < 4.78 is 9.15. The quantitative estimate of drug-likeness (QED) is 0.137. The van der Waals surface area contributed by atoms with Crippen molar-refractivity contribution < 1.29 is 4.42 Å². The van der Waals surface area contributed by atoms with Gasteiger partial charge in [-0.2, -0.15) is 0 Å². The number of furan rings is 1. The van der Waals surface area contributed by atoms with Crippen LogP contribution in [-0.2, 0) is 10.8 Å². The molecule has 0 saturated carbocycles. The number of fused-ring (bicyclic) bond motifs is 12. The Labute approximate surface area is 608 Å². The first-order chi connectivity index (χ1) is 51.1. The second-order valence-electron chi connectivity index (χ2n) is 28.3. The fraction of sp³-hybridized carbons (Fsp3) is 0.0612. The molecule has 5 nitrogen and oxygen atoms in total. The Morgan fingerprint density at radius 2 is 0.596 bits per heavy atom. The zero-order chi connectivity index (χ0) is 69.6. The van der Waals surface area contributed by atoms with E-state index in [9.17, 15) is 0 Å². The summed E-state index contributed by atoms with van der Waals surface area (Å²) in [6.45, 7) is 9.35. The summed E-state index contributed by atoms with van der Waals surface area (Å²) in [4.78, 5) is 20.7. The average Bonchev–Trinajstić information content (AvgIpc) is 1.58. The minimum absolute atomic E-state index is 0.0264. The van der Waals surface area contributed by atoms with Crippen molar-refractivity contribution in [2.24, 2.45) is 0 Å². The molecule has 2 aliphatic rings. The number of rotatable bonds is 10. The average molecular weight is 1350 g/mol. The van der Waals surface area contributed by atoms with Crippen LogP contribution < -0.4 is 0 Å². The lowest BCUT2D eigenvalue weighted by molar-refractivity contribution is 0.660. The first-order valence-electron chi connectivity index (χ1n) is 35.7. The first kappa shape index (κ1) is 62.3. The highest BCUT2D eigenvalue weighted by Crippen LogP contribution is 2.53. The molecule has 0 saturated heterocycles. The summed E-state index contributed by atoms with van der Waals surface area (Å²) in [5.41, 5.74) is 31.8. The highest BCUT2D eigenvalue weighted by molar-refractivity contribution is 7.26. The van der Waals surface area contributed by atoms with E-state index in [-0.39, 0.29) is 10.8 Å². The number of nitrogens with zero attached hydrogens (tertiary/aromatic N) is 4. The van der Waals surface area contributed by atoms with E-state index < -0.39 is 0 Å². The predicted octanol–water partition coefficient (Wildman–Crippen LogP) is 26.5. The number of benzene rings is 14. The molecule has 4 aromatic heterocycles. The van der Waals surface area contributed by atoms with Crippen molar-refractivity contribution in [3.8, 4) is 135 Å². The van der Waals surface area contributed by atoms with E-state index in [1.54, 1.807) is 0 Å². The molecular weight excluding hydrogens is 1280 g/mol. The van der Waals surface area contributed by atoms with E-state index in [2.05, 4.69) is 307 Å². The van der Waals surface area contributed by atoms with Gasteiger partial charge in [0.2, 0.25) is 0 Å². The van der Waals surface area contributed by atoms with Crippen LogP contribution in [0.1, 0.15) is 49.9 Å². The van der Waals surface area contributed by atoms with E-state index in [4.69, 9.17) is 24.4 Å². The van der Waals surface area contributed by atoms with Crippen LogP contribution in [0.5, 0.6) is 0 Å². The Morgan fingerprint density at radius 1 is 0.250 bits per heavy atom. The van der Waals surface area contributed by atoms with E-state index in [0.29, 0.717) is 5.82 Å². The monoisotopic (exact) mass is 1350 g/mol. The van der Waals surface area contributed by atoms with Gasteiger partial charge in [-0.05, 0) is 138 Å². The van der Waals surface area contributed by atoms with Crippen LogP contribution in [0.2, 0.25) is 0 Å². The smallest absolute Gasteiger partial charge is 0.164 e. The van der Waals surface area contributed by atoms with Gasteiger partial charge in [0.1, 0.15) is 11.2 Å². The van der Waals surface area contributed by atoms with Crippen molar-refractivity contribution in [3.05, 3.63) is 362 Å². The van der Waals surface area contributed by atoms with Gasteiger partial charge in [0.15, 0.2) is 11.6 Å². The molecule has 0 unspecified atom stereocenters. The molecule has 0 fully saturated rings. The second kappa shape index (κ2) is 25.1. The van der Waals surface area contributed by atoms with Gasteiger partial charge in [0.05, 0.1) is 28.3 Å². The third-order valence-electron chi connectivity index (χ3n) is 21.5. The van der Waals surface area contributed by atoms with Gasteiger partial charge in [-0.25, -0.2) is 19.9 Å². The molecule has 0 aliphatic heterocycles. The summed E-state index contributed by atoms with van der Waals surface area (Å²) >= 11 is 1.82. The summed E-state index contributed by atoms with van der Waals surface area (Å²) in [6, 6.07) is 121. The molecule has 104 heavy (non-hydrogen) atoms. The van der Waals surface area contributed by atoms with Crippen LogP contribution >= 0.6 is 11.3 Å². The van der Waals surface area contributed by atoms with E-state index in [1.807, 2.05) is 72.0 Å². The Hall–Kier alpha value is -12.7. The normalized spacial score (nSPS) is 13.0. The number of hydrogen-bond donors (Lipinski definition) is 0. The number of aromatic nitrogens is 4. The van der Waals surface area contributed by atoms with Crippen molar-refractivity contribution in [2.45, 2.75) is 38.5 Å². The fourth-order valence-electron chi connectivity index (χ4n) is 16.1. The Bertz CT molecular complexity index is 5870. The van der Waals surface area contributed by atoms with E-state index in [1.165, 1.54) is 98.1 Å². The number of thiophene rings is 1. The van der Waals surface area contributed by atoms with Crippen molar-refractivity contribution in [3.63, 3.8) is 0 Å². The first-order valence-corrected chi connectivity index (χ1v) is 36.5. The van der Waals surface area contributed by atoms with Gasteiger partial charge >= 0.3 is 0 Å². The molecule has 0 N–H and O–H groups in total. The van der Waals surface area contributed by atoms with Gasteiger partial charge in [0, 0.05) is 69.6 Å². The molecule has 0 amide bonds. The molecule has 0 spiro atoms. The Kier molecular flexibility index (Phi) is 15.0. The van der Waals surface area contributed by atoms with Crippen molar-refractivity contribution in [1.29, 1.82) is 0 Å². The minimum atomic E-state index is -0.0379. The molecular formula is C98H68N4OS. The maximum atomic E-state index is 6.69. The van der Waals surface area contributed by atoms with E-state index >= 15 is 0 Å². The van der Waals surface area contributed by atoms with Crippen LogP contribution in [0, 0.1) is 0 Å². The summed E-state index contributed by atoms with van der Waals surface area (Å²) in [5, 5.41) is 4.64. The lowest BCUT2D eigenvalue weighted by Crippen LogP contribution is -2.14. The molecule has 20 rings (SSSR count). The van der Waals surface area contributed by atoms with Crippen LogP contribution in [0.4, 0.5) is 0 Å². The van der Waals surface area contributed by atoms with Gasteiger partial charge in [0.25, 0.3) is 0 Å². The molecule has 0 radical (unpaired) electrons. The molecule has 0 atom stereocenters.